The van der Waals surface area contributed by atoms with Crippen molar-refractivity contribution in [1.82, 2.24) is 14.0 Å². The van der Waals surface area contributed by atoms with Gasteiger partial charge in [0.05, 0.1) is 5.69 Å². The summed E-state index contributed by atoms with van der Waals surface area (Å²) in [6.45, 7) is 0. The summed E-state index contributed by atoms with van der Waals surface area (Å²) in [6.07, 6.45) is 5.95. The minimum absolute atomic E-state index is 0.240. The minimum atomic E-state index is -0.240. The molecule has 0 radical (unpaired) electrons. The average molecular weight is 277 g/mol. The Kier molecular flexibility index (Phi) is 2.60. The van der Waals surface area contributed by atoms with Gasteiger partial charge >= 0.3 is 0 Å². The fourth-order valence-corrected chi connectivity index (χ4v) is 2.45. The normalized spacial score (nSPS) is 11.1. The molecule has 102 valence electrons. The van der Waals surface area contributed by atoms with E-state index in [1.807, 2.05) is 57.9 Å². The van der Waals surface area contributed by atoms with Gasteiger partial charge < -0.3 is 4.57 Å². The second kappa shape index (κ2) is 4.59. The Morgan fingerprint density at radius 2 is 1.62 bits per heavy atom. The maximum absolute atomic E-state index is 13.0. The number of pyridine rings is 1. The van der Waals surface area contributed by atoms with Crippen LogP contribution in [0.2, 0.25) is 0 Å². The molecule has 3 heterocycles. The van der Waals surface area contributed by atoms with E-state index in [2.05, 4.69) is 4.98 Å². The molecule has 0 aliphatic carbocycles. The Morgan fingerprint density at radius 1 is 0.857 bits per heavy atom. The molecule has 0 bridgehead atoms. The Hall–Kier alpha value is -2.88. The van der Waals surface area contributed by atoms with Crippen LogP contribution in [0.15, 0.2) is 73.2 Å². The number of aromatic nitrogens is 3. The van der Waals surface area contributed by atoms with Crippen LogP contribution in [0.5, 0.6) is 0 Å². The molecule has 0 amide bonds. The molecular weight excluding hydrogens is 265 g/mol. The fourth-order valence-electron chi connectivity index (χ4n) is 2.45. The topological polar surface area (TPSA) is 22.2 Å². The van der Waals surface area contributed by atoms with Crippen LogP contribution in [0.1, 0.15) is 0 Å². The molecule has 3 nitrogen and oxygen atoms in total. The van der Waals surface area contributed by atoms with Crippen LogP contribution in [0.25, 0.3) is 22.7 Å². The number of nitrogens with zero attached hydrogens (tertiary/aromatic N) is 3. The van der Waals surface area contributed by atoms with E-state index >= 15 is 0 Å². The molecule has 0 spiro atoms. The number of halogens is 1. The van der Waals surface area contributed by atoms with Gasteiger partial charge in [-0.2, -0.15) is 0 Å². The van der Waals surface area contributed by atoms with Gasteiger partial charge in [-0.25, -0.2) is 9.37 Å². The van der Waals surface area contributed by atoms with Crippen LogP contribution >= 0.6 is 0 Å². The van der Waals surface area contributed by atoms with Crippen molar-refractivity contribution in [3.63, 3.8) is 0 Å². The molecule has 3 aromatic heterocycles. The number of imidazole rings is 1. The molecular formula is C17H12FN3. The molecule has 0 N–H and O–H groups in total. The zero-order valence-corrected chi connectivity index (χ0v) is 11.1. The SMILES string of the molecule is Fc1ccc(-c2cn3c(-n4cccc4)cccc3n2)cc1. The van der Waals surface area contributed by atoms with Crippen molar-refractivity contribution in [3.05, 3.63) is 79.0 Å². The van der Waals surface area contributed by atoms with Gasteiger partial charge in [0.25, 0.3) is 0 Å². The van der Waals surface area contributed by atoms with Gasteiger partial charge in [-0.05, 0) is 48.5 Å². The molecule has 4 rings (SSSR count). The van der Waals surface area contributed by atoms with Gasteiger partial charge in [-0.3, -0.25) is 4.40 Å². The van der Waals surface area contributed by atoms with Crippen LogP contribution in [-0.2, 0) is 0 Å². The quantitative estimate of drug-likeness (QED) is 0.544. The highest BCUT2D eigenvalue weighted by Crippen LogP contribution is 2.21. The van der Waals surface area contributed by atoms with Crippen molar-refractivity contribution in [3.8, 4) is 17.1 Å². The van der Waals surface area contributed by atoms with Crippen LogP contribution in [0.3, 0.4) is 0 Å². The summed E-state index contributed by atoms with van der Waals surface area (Å²) in [5.74, 6) is 0.772. The summed E-state index contributed by atoms with van der Waals surface area (Å²) >= 11 is 0. The van der Waals surface area contributed by atoms with Crippen molar-refractivity contribution in [2.45, 2.75) is 0 Å². The standard InChI is InChI=1S/C17H12FN3/c18-14-8-6-13(7-9-14)15-12-21-16(19-15)4-3-5-17(21)20-10-1-2-11-20/h1-12H. The monoisotopic (exact) mass is 277 g/mol. The van der Waals surface area contributed by atoms with E-state index in [0.29, 0.717) is 0 Å². The second-order valence-electron chi connectivity index (χ2n) is 4.84. The number of hydrogen-bond acceptors (Lipinski definition) is 1. The highest BCUT2D eigenvalue weighted by Gasteiger charge is 2.08. The second-order valence-corrected chi connectivity index (χ2v) is 4.84. The zero-order valence-electron chi connectivity index (χ0n) is 11.1. The first-order valence-corrected chi connectivity index (χ1v) is 6.69. The lowest BCUT2D eigenvalue weighted by Crippen LogP contribution is -1.98. The Bertz CT molecular complexity index is 890. The average Bonchev–Trinajstić information content (AvgIpc) is 3.17. The van der Waals surface area contributed by atoms with Crippen molar-refractivity contribution < 1.29 is 4.39 Å². The summed E-state index contributed by atoms with van der Waals surface area (Å²) in [4.78, 5) is 4.61. The highest BCUT2D eigenvalue weighted by molar-refractivity contribution is 5.63. The maximum Gasteiger partial charge on any atom is 0.139 e. The third kappa shape index (κ3) is 2.01. The molecule has 0 aliphatic heterocycles. The lowest BCUT2D eigenvalue weighted by Gasteiger charge is -2.05. The van der Waals surface area contributed by atoms with Gasteiger partial charge in [0.15, 0.2) is 0 Å². The van der Waals surface area contributed by atoms with Crippen molar-refractivity contribution in [2.75, 3.05) is 0 Å². The van der Waals surface area contributed by atoms with Crippen LogP contribution in [0.4, 0.5) is 4.39 Å². The highest BCUT2D eigenvalue weighted by atomic mass is 19.1. The summed E-state index contributed by atoms with van der Waals surface area (Å²) in [7, 11) is 0. The third-order valence-electron chi connectivity index (χ3n) is 3.48. The van der Waals surface area contributed by atoms with E-state index in [4.69, 9.17) is 0 Å². The minimum Gasteiger partial charge on any atom is -0.310 e. The van der Waals surface area contributed by atoms with E-state index < -0.39 is 0 Å². The predicted octanol–water partition coefficient (Wildman–Crippen LogP) is 3.93. The summed E-state index contributed by atoms with van der Waals surface area (Å²) in [5.41, 5.74) is 2.59. The molecule has 0 atom stereocenters. The number of fused-ring (bicyclic) bond motifs is 1. The number of rotatable bonds is 2. The van der Waals surface area contributed by atoms with Gasteiger partial charge in [0.1, 0.15) is 17.3 Å². The molecule has 0 saturated carbocycles. The van der Waals surface area contributed by atoms with E-state index in [-0.39, 0.29) is 5.82 Å². The van der Waals surface area contributed by atoms with Crippen LogP contribution < -0.4 is 0 Å². The molecule has 4 heteroatoms. The molecule has 0 fully saturated rings. The van der Waals surface area contributed by atoms with Gasteiger partial charge in [-0.1, -0.05) is 6.07 Å². The first-order valence-electron chi connectivity index (χ1n) is 6.69. The Labute approximate surface area is 120 Å². The largest absolute Gasteiger partial charge is 0.310 e. The molecule has 4 aromatic rings. The lowest BCUT2D eigenvalue weighted by molar-refractivity contribution is 0.628. The van der Waals surface area contributed by atoms with Crippen molar-refractivity contribution >= 4 is 5.65 Å². The molecule has 0 aliphatic rings. The van der Waals surface area contributed by atoms with E-state index in [1.165, 1.54) is 12.1 Å². The first-order chi connectivity index (χ1) is 10.3. The Balaban J connectivity index is 1.90. The smallest absolute Gasteiger partial charge is 0.139 e. The Morgan fingerprint density at radius 3 is 2.38 bits per heavy atom. The summed E-state index contributed by atoms with van der Waals surface area (Å²) in [6, 6.07) is 16.3. The molecule has 21 heavy (non-hydrogen) atoms. The fraction of sp³-hybridized carbons (Fsp3) is 0. The van der Waals surface area contributed by atoms with E-state index in [0.717, 1.165) is 22.7 Å². The lowest BCUT2D eigenvalue weighted by atomic mass is 10.2. The van der Waals surface area contributed by atoms with Crippen LogP contribution in [0, 0.1) is 5.82 Å². The summed E-state index contributed by atoms with van der Waals surface area (Å²) in [5, 5.41) is 0. The van der Waals surface area contributed by atoms with E-state index in [9.17, 15) is 4.39 Å². The third-order valence-corrected chi connectivity index (χ3v) is 3.48. The van der Waals surface area contributed by atoms with E-state index in [1.54, 1.807) is 12.1 Å². The summed E-state index contributed by atoms with van der Waals surface area (Å²) < 4.78 is 17.1. The maximum atomic E-state index is 13.0. The van der Waals surface area contributed by atoms with Gasteiger partial charge in [-0.15, -0.1) is 0 Å². The number of hydrogen-bond donors (Lipinski definition) is 0. The van der Waals surface area contributed by atoms with Crippen molar-refractivity contribution in [1.29, 1.82) is 0 Å². The van der Waals surface area contributed by atoms with Gasteiger partial charge in [0, 0.05) is 24.2 Å². The number of benzene rings is 1. The van der Waals surface area contributed by atoms with Gasteiger partial charge in [0.2, 0.25) is 0 Å². The molecule has 0 unspecified atom stereocenters. The molecule has 0 saturated heterocycles. The van der Waals surface area contributed by atoms with Crippen molar-refractivity contribution in [2.24, 2.45) is 0 Å². The van der Waals surface area contributed by atoms with Crippen LogP contribution in [-0.4, -0.2) is 14.0 Å². The molecule has 1 aromatic carbocycles. The first kappa shape index (κ1) is 11.9. The predicted molar refractivity (Wildman–Crippen MR) is 79.9 cm³/mol. The zero-order chi connectivity index (χ0) is 14.2.